The number of likely N-dealkylation sites (N-methyl/N-ethyl adjacent to an activating group) is 1. The Morgan fingerprint density at radius 2 is 2.21 bits per heavy atom. The van der Waals surface area contributed by atoms with Gasteiger partial charge in [-0.05, 0) is 39.2 Å². The SMILES string of the molecule is CCNC(=NCCCN1CCCC1C(=O)N(C)C)NCCc1ncc(CC)s1. The number of guanidine groups is 1. The van der Waals surface area contributed by atoms with Crippen LogP contribution in [0.2, 0.25) is 0 Å². The van der Waals surface area contributed by atoms with Crippen LogP contribution in [0, 0.1) is 0 Å². The monoisotopic (exact) mass is 408 g/mol. The molecule has 1 aliphatic heterocycles. The van der Waals surface area contributed by atoms with Gasteiger partial charge >= 0.3 is 0 Å². The van der Waals surface area contributed by atoms with E-state index in [2.05, 4.69) is 39.4 Å². The lowest BCUT2D eigenvalue weighted by atomic mass is 10.2. The number of hydrogen-bond donors (Lipinski definition) is 2. The van der Waals surface area contributed by atoms with Gasteiger partial charge in [0.05, 0.1) is 11.0 Å². The van der Waals surface area contributed by atoms with E-state index in [1.807, 2.05) is 20.3 Å². The molecule has 1 aromatic rings. The molecule has 28 heavy (non-hydrogen) atoms. The van der Waals surface area contributed by atoms with E-state index in [4.69, 9.17) is 0 Å². The molecule has 2 heterocycles. The Morgan fingerprint density at radius 1 is 1.39 bits per heavy atom. The third-order valence-corrected chi connectivity index (χ3v) is 6.09. The van der Waals surface area contributed by atoms with Crippen LogP contribution in [0.15, 0.2) is 11.2 Å². The van der Waals surface area contributed by atoms with Crippen molar-refractivity contribution in [1.82, 2.24) is 25.4 Å². The van der Waals surface area contributed by atoms with Crippen molar-refractivity contribution in [3.63, 3.8) is 0 Å². The average Bonchev–Trinajstić information content (AvgIpc) is 3.33. The number of carbonyl (C=O) groups is 1. The lowest BCUT2D eigenvalue weighted by Gasteiger charge is -2.25. The normalized spacial score (nSPS) is 17.7. The summed E-state index contributed by atoms with van der Waals surface area (Å²) in [5.41, 5.74) is 0. The maximum Gasteiger partial charge on any atom is 0.239 e. The highest BCUT2D eigenvalue weighted by Crippen LogP contribution is 2.18. The number of likely N-dealkylation sites (tertiary alicyclic amines) is 1. The molecule has 7 nitrogen and oxygen atoms in total. The van der Waals surface area contributed by atoms with Gasteiger partial charge in [0.1, 0.15) is 0 Å². The molecule has 158 valence electrons. The van der Waals surface area contributed by atoms with Crippen LogP contribution in [0.3, 0.4) is 0 Å². The van der Waals surface area contributed by atoms with Crippen molar-refractivity contribution in [2.45, 2.75) is 52.0 Å². The molecule has 0 bridgehead atoms. The number of nitrogens with one attached hydrogen (secondary N) is 2. The zero-order valence-electron chi connectivity index (χ0n) is 17.8. The first-order valence-corrected chi connectivity index (χ1v) is 11.3. The van der Waals surface area contributed by atoms with Gasteiger partial charge in [0, 0.05) is 57.8 Å². The van der Waals surface area contributed by atoms with E-state index >= 15 is 0 Å². The fourth-order valence-electron chi connectivity index (χ4n) is 3.39. The van der Waals surface area contributed by atoms with Crippen molar-refractivity contribution in [3.05, 3.63) is 16.1 Å². The van der Waals surface area contributed by atoms with Gasteiger partial charge in [-0.3, -0.25) is 14.7 Å². The Balaban J connectivity index is 1.73. The molecule has 2 rings (SSSR count). The van der Waals surface area contributed by atoms with Gasteiger partial charge in [-0.2, -0.15) is 0 Å². The number of hydrogen-bond acceptors (Lipinski definition) is 5. The molecule has 1 atom stereocenters. The lowest BCUT2D eigenvalue weighted by Crippen LogP contribution is -2.43. The first-order chi connectivity index (χ1) is 13.5. The van der Waals surface area contributed by atoms with Gasteiger partial charge < -0.3 is 15.5 Å². The number of amides is 1. The predicted octanol–water partition coefficient (Wildman–Crippen LogP) is 1.75. The van der Waals surface area contributed by atoms with Crippen LogP contribution < -0.4 is 10.6 Å². The van der Waals surface area contributed by atoms with E-state index in [9.17, 15) is 4.79 Å². The molecular formula is C20H36N6OS. The third kappa shape index (κ3) is 7.05. The van der Waals surface area contributed by atoms with E-state index in [1.54, 1.807) is 16.2 Å². The Kier molecular flexibility index (Phi) is 9.70. The average molecular weight is 409 g/mol. The summed E-state index contributed by atoms with van der Waals surface area (Å²) in [5, 5.41) is 7.87. The van der Waals surface area contributed by atoms with Gasteiger partial charge in [-0.1, -0.05) is 6.92 Å². The molecule has 1 saturated heterocycles. The van der Waals surface area contributed by atoms with Gasteiger partial charge in [0.2, 0.25) is 5.91 Å². The first kappa shape index (κ1) is 22.6. The standard InChI is InChI=1S/C20H36N6OS/c1-5-16-15-24-18(28-16)10-12-23-20(21-6-2)22-11-8-14-26-13-7-9-17(26)19(27)25(3)4/h15,17H,5-14H2,1-4H3,(H2,21,22,23). The largest absolute Gasteiger partial charge is 0.357 e. The molecule has 1 amide bonds. The van der Waals surface area contributed by atoms with Gasteiger partial charge in [0.25, 0.3) is 0 Å². The quantitative estimate of drug-likeness (QED) is 0.351. The number of thiazole rings is 1. The van der Waals surface area contributed by atoms with Crippen molar-refractivity contribution in [2.75, 3.05) is 46.8 Å². The highest BCUT2D eigenvalue weighted by Gasteiger charge is 2.30. The van der Waals surface area contributed by atoms with Crippen molar-refractivity contribution < 1.29 is 4.79 Å². The van der Waals surface area contributed by atoms with Crippen LogP contribution in [0.1, 0.15) is 43.0 Å². The number of aryl methyl sites for hydroxylation is 1. The molecule has 1 unspecified atom stereocenters. The van der Waals surface area contributed by atoms with Gasteiger partial charge in [-0.25, -0.2) is 4.98 Å². The molecule has 0 aromatic carbocycles. The Morgan fingerprint density at radius 3 is 2.89 bits per heavy atom. The van der Waals surface area contributed by atoms with Crippen LogP contribution in [-0.4, -0.2) is 79.5 Å². The fourth-order valence-corrected chi connectivity index (χ4v) is 4.25. The minimum Gasteiger partial charge on any atom is -0.357 e. The van der Waals surface area contributed by atoms with Crippen LogP contribution in [0.4, 0.5) is 0 Å². The molecule has 1 aromatic heterocycles. The van der Waals surface area contributed by atoms with E-state index in [1.165, 1.54) is 9.88 Å². The van der Waals surface area contributed by atoms with Crippen LogP contribution in [-0.2, 0) is 17.6 Å². The summed E-state index contributed by atoms with van der Waals surface area (Å²) in [5.74, 6) is 1.08. The van der Waals surface area contributed by atoms with E-state index in [-0.39, 0.29) is 11.9 Å². The van der Waals surface area contributed by atoms with Crippen LogP contribution >= 0.6 is 11.3 Å². The Hall–Kier alpha value is -1.67. The van der Waals surface area contributed by atoms with Crippen LogP contribution in [0.25, 0.3) is 0 Å². The van der Waals surface area contributed by atoms with Crippen molar-refractivity contribution in [3.8, 4) is 0 Å². The van der Waals surface area contributed by atoms with E-state index in [0.717, 1.165) is 70.8 Å². The molecule has 2 N–H and O–H groups in total. The first-order valence-electron chi connectivity index (χ1n) is 10.5. The molecule has 0 spiro atoms. The minimum absolute atomic E-state index is 0.0525. The number of carbonyl (C=O) groups excluding carboxylic acids is 1. The zero-order chi connectivity index (χ0) is 20.4. The highest BCUT2D eigenvalue weighted by molar-refractivity contribution is 7.11. The lowest BCUT2D eigenvalue weighted by molar-refractivity contribution is -0.133. The molecule has 8 heteroatoms. The van der Waals surface area contributed by atoms with E-state index in [0.29, 0.717) is 0 Å². The van der Waals surface area contributed by atoms with Gasteiger partial charge in [-0.15, -0.1) is 11.3 Å². The number of aromatic nitrogens is 1. The molecule has 1 aliphatic rings. The smallest absolute Gasteiger partial charge is 0.239 e. The number of nitrogens with zero attached hydrogens (tertiary/aromatic N) is 4. The second-order valence-corrected chi connectivity index (χ2v) is 8.49. The van der Waals surface area contributed by atoms with Crippen molar-refractivity contribution in [1.29, 1.82) is 0 Å². The predicted molar refractivity (Wildman–Crippen MR) is 117 cm³/mol. The summed E-state index contributed by atoms with van der Waals surface area (Å²) in [6, 6.07) is 0.0525. The maximum absolute atomic E-state index is 12.3. The summed E-state index contributed by atoms with van der Waals surface area (Å²) < 4.78 is 0. The summed E-state index contributed by atoms with van der Waals surface area (Å²) in [7, 11) is 3.68. The highest BCUT2D eigenvalue weighted by atomic mass is 32.1. The summed E-state index contributed by atoms with van der Waals surface area (Å²) in [6.45, 7) is 8.60. The topological polar surface area (TPSA) is 72.9 Å². The maximum atomic E-state index is 12.3. The summed E-state index contributed by atoms with van der Waals surface area (Å²) in [4.78, 5) is 26.8. The molecule has 0 aliphatic carbocycles. The fraction of sp³-hybridized carbons (Fsp3) is 0.750. The molecule has 0 radical (unpaired) electrons. The van der Waals surface area contributed by atoms with E-state index < -0.39 is 0 Å². The van der Waals surface area contributed by atoms with Crippen molar-refractivity contribution in [2.24, 2.45) is 4.99 Å². The Bertz CT molecular complexity index is 630. The van der Waals surface area contributed by atoms with Gasteiger partial charge in [0.15, 0.2) is 5.96 Å². The summed E-state index contributed by atoms with van der Waals surface area (Å²) in [6.07, 6.45) is 6.98. The number of aliphatic imine (C=N–C) groups is 1. The summed E-state index contributed by atoms with van der Waals surface area (Å²) >= 11 is 1.79. The zero-order valence-corrected chi connectivity index (χ0v) is 18.6. The second-order valence-electron chi connectivity index (χ2n) is 7.29. The Labute approximate surface area is 173 Å². The number of rotatable bonds is 10. The molecule has 0 saturated carbocycles. The molecular weight excluding hydrogens is 372 g/mol. The van der Waals surface area contributed by atoms with Crippen LogP contribution in [0.5, 0.6) is 0 Å². The minimum atomic E-state index is 0.0525. The van der Waals surface area contributed by atoms with Crippen molar-refractivity contribution >= 4 is 23.2 Å². The second kappa shape index (κ2) is 12.0. The molecule has 1 fully saturated rings. The third-order valence-electron chi connectivity index (χ3n) is 4.89.